The second-order valence-electron chi connectivity index (χ2n) is 2.95. The minimum absolute atomic E-state index is 0.0566. The van der Waals surface area contributed by atoms with Gasteiger partial charge in [0.15, 0.2) is 0 Å². The quantitative estimate of drug-likeness (QED) is 0.613. The lowest BCUT2D eigenvalue weighted by atomic mass is 10.2. The maximum Gasteiger partial charge on any atom is 0.262 e. The van der Waals surface area contributed by atoms with E-state index in [1.807, 2.05) is 0 Å². The number of hydrogen-bond acceptors (Lipinski definition) is 4. The molecule has 15 heavy (non-hydrogen) atoms. The van der Waals surface area contributed by atoms with Crippen LogP contribution < -0.4 is 10.1 Å². The van der Waals surface area contributed by atoms with Crippen LogP contribution in [0.2, 0.25) is 0 Å². The summed E-state index contributed by atoms with van der Waals surface area (Å²) < 4.78 is 27.3. The summed E-state index contributed by atoms with van der Waals surface area (Å²) in [6, 6.07) is 4.39. The molecule has 1 N–H and O–H groups in total. The zero-order valence-corrected chi connectivity index (χ0v) is 9.75. The Morgan fingerprint density at radius 3 is 2.87 bits per heavy atom. The summed E-state index contributed by atoms with van der Waals surface area (Å²) in [6.45, 7) is 0.439. The summed E-state index contributed by atoms with van der Waals surface area (Å²) in [4.78, 5) is 0.0566. The van der Waals surface area contributed by atoms with Crippen molar-refractivity contribution >= 4 is 37.1 Å². The molecule has 7 heteroatoms. The van der Waals surface area contributed by atoms with Crippen molar-refractivity contribution in [1.82, 2.24) is 5.32 Å². The predicted molar refractivity (Wildman–Crippen MR) is 59.5 cm³/mol. The fraction of sp³-hybridized carbons (Fsp3) is 0.125. The van der Waals surface area contributed by atoms with Gasteiger partial charge < -0.3 is 10.1 Å². The van der Waals surface area contributed by atoms with Gasteiger partial charge in [0.05, 0.1) is 4.90 Å². The van der Waals surface area contributed by atoms with Crippen LogP contribution >= 0.6 is 22.9 Å². The third-order valence-electron chi connectivity index (χ3n) is 1.94. The number of thiocarbonyl (C=S) groups is 1. The minimum Gasteiger partial charge on any atom is -0.432 e. The molecule has 0 unspecified atom stereocenters. The van der Waals surface area contributed by atoms with E-state index in [-0.39, 0.29) is 10.1 Å². The van der Waals surface area contributed by atoms with Crippen LogP contribution in [0.25, 0.3) is 0 Å². The van der Waals surface area contributed by atoms with Crippen LogP contribution in [0.1, 0.15) is 5.56 Å². The topological polar surface area (TPSA) is 55.4 Å². The van der Waals surface area contributed by atoms with Gasteiger partial charge in [-0.05, 0) is 30.4 Å². The van der Waals surface area contributed by atoms with Crippen LogP contribution in [0.15, 0.2) is 23.1 Å². The summed E-state index contributed by atoms with van der Waals surface area (Å²) in [7, 11) is 1.52. The first-order valence-corrected chi connectivity index (χ1v) is 6.72. The lowest BCUT2D eigenvalue weighted by Crippen LogP contribution is -2.30. The summed E-state index contributed by atoms with van der Waals surface area (Å²) in [5, 5.41) is 3.07. The lowest BCUT2D eigenvalue weighted by Gasteiger charge is -2.19. The van der Waals surface area contributed by atoms with Gasteiger partial charge in [-0.2, -0.15) is 0 Å². The molecule has 0 saturated carbocycles. The molecule has 0 spiro atoms. The highest BCUT2D eigenvalue weighted by atomic mass is 35.7. The molecule has 0 fully saturated rings. The molecule has 1 aromatic carbocycles. The van der Waals surface area contributed by atoms with Crippen LogP contribution in [0.4, 0.5) is 0 Å². The van der Waals surface area contributed by atoms with Gasteiger partial charge in [0.25, 0.3) is 14.2 Å². The SMILES string of the molecule is O=S(=O)(Cl)c1ccc2c(c1)CNC(=S)O2. The van der Waals surface area contributed by atoms with Crippen molar-refractivity contribution in [2.24, 2.45) is 0 Å². The number of hydrogen-bond donors (Lipinski definition) is 1. The average molecular weight is 264 g/mol. The van der Waals surface area contributed by atoms with E-state index in [2.05, 4.69) is 5.32 Å². The molecule has 0 amide bonds. The van der Waals surface area contributed by atoms with Crippen LogP contribution in [-0.4, -0.2) is 13.6 Å². The van der Waals surface area contributed by atoms with Crippen LogP contribution in [0, 0.1) is 0 Å². The van der Waals surface area contributed by atoms with Crippen molar-refractivity contribution < 1.29 is 13.2 Å². The largest absolute Gasteiger partial charge is 0.432 e. The maximum atomic E-state index is 11.1. The minimum atomic E-state index is -3.69. The molecule has 0 aliphatic carbocycles. The zero-order valence-electron chi connectivity index (χ0n) is 7.36. The second kappa shape index (κ2) is 3.62. The van der Waals surface area contributed by atoms with Crippen LogP contribution in [-0.2, 0) is 15.6 Å². The first kappa shape index (κ1) is 10.7. The van der Waals surface area contributed by atoms with E-state index in [1.54, 1.807) is 0 Å². The van der Waals surface area contributed by atoms with Crippen molar-refractivity contribution in [3.63, 3.8) is 0 Å². The molecule has 80 valence electrons. The number of benzene rings is 1. The van der Waals surface area contributed by atoms with Crippen molar-refractivity contribution in [2.75, 3.05) is 0 Å². The number of halogens is 1. The Kier molecular flexibility index (Phi) is 2.57. The third-order valence-corrected chi connectivity index (χ3v) is 3.52. The van der Waals surface area contributed by atoms with Gasteiger partial charge in [-0.1, -0.05) is 0 Å². The summed E-state index contributed by atoms with van der Waals surface area (Å²) >= 11 is 4.81. The Bertz CT molecular complexity index is 527. The average Bonchev–Trinajstić information content (AvgIpc) is 2.15. The van der Waals surface area contributed by atoms with Gasteiger partial charge in [-0.25, -0.2) is 8.42 Å². The molecule has 1 aliphatic rings. The maximum absolute atomic E-state index is 11.1. The van der Waals surface area contributed by atoms with Gasteiger partial charge in [-0.3, -0.25) is 0 Å². The predicted octanol–water partition coefficient (Wildman–Crippen LogP) is 1.38. The molecule has 0 atom stereocenters. The molecular weight excluding hydrogens is 258 g/mol. The van der Waals surface area contributed by atoms with Gasteiger partial charge in [0.1, 0.15) is 5.75 Å². The highest BCUT2D eigenvalue weighted by Gasteiger charge is 2.17. The molecule has 4 nitrogen and oxygen atoms in total. The molecule has 0 aromatic heterocycles. The van der Waals surface area contributed by atoms with Crippen LogP contribution in [0.3, 0.4) is 0 Å². The van der Waals surface area contributed by atoms with E-state index in [1.165, 1.54) is 18.2 Å². The highest BCUT2D eigenvalue weighted by Crippen LogP contribution is 2.26. The molecule has 1 aliphatic heterocycles. The fourth-order valence-corrected chi connectivity index (χ4v) is 2.21. The molecule has 1 heterocycles. The van der Waals surface area contributed by atoms with Crippen molar-refractivity contribution in [2.45, 2.75) is 11.4 Å². The smallest absolute Gasteiger partial charge is 0.262 e. The van der Waals surface area contributed by atoms with Crippen molar-refractivity contribution in [1.29, 1.82) is 0 Å². The Morgan fingerprint density at radius 1 is 1.47 bits per heavy atom. The molecule has 0 bridgehead atoms. The number of fused-ring (bicyclic) bond motifs is 1. The van der Waals surface area contributed by atoms with Crippen molar-refractivity contribution in [3.05, 3.63) is 23.8 Å². The Balaban J connectivity index is 2.48. The van der Waals surface area contributed by atoms with Crippen molar-refractivity contribution in [3.8, 4) is 5.75 Å². The van der Waals surface area contributed by atoms with Gasteiger partial charge in [0, 0.05) is 22.8 Å². The summed E-state index contributed by atoms with van der Waals surface area (Å²) in [6.07, 6.45) is 0. The Morgan fingerprint density at radius 2 is 2.20 bits per heavy atom. The van der Waals surface area contributed by atoms with E-state index < -0.39 is 9.05 Å². The standard InChI is InChI=1S/C8H6ClNO3S2/c9-15(11,12)6-1-2-7-5(3-6)4-10-8(14)13-7/h1-3H,4H2,(H,10,14). The number of nitrogens with one attached hydrogen (secondary N) is 1. The monoisotopic (exact) mass is 263 g/mol. The normalized spacial score (nSPS) is 15.1. The van der Waals surface area contributed by atoms with Crippen LogP contribution in [0.5, 0.6) is 5.75 Å². The second-order valence-corrected chi connectivity index (χ2v) is 5.89. The zero-order chi connectivity index (χ0) is 11.1. The van der Waals surface area contributed by atoms with E-state index in [0.717, 1.165) is 0 Å². The first-order chi connectivity index (χ1) is 6.97. The highest BCUT2D eigenvalue weighted by molar-refractivity contribution is 8.13. The number of ether oxygens (including phenoxy) is 1. The summed E-state index contributed by atoms with van der Waals surface area (Å²) in [5.41, 5.74) is 0.713. The lowest BCUT2D eigenvalue weighted by molar-refractivity contribution is 0.496. The molecule has 0 radical (unpaired) electrons. The third kappa shape index (κ3) is 2.22. The van der Waals surface area contributed by atoms with Gasteiger partial charge >= 0.3 is 0 Å². The first-order valence-electron chi connectivity index (χ1n) is 4.00. The Labute approximate surface area is 96.6 Å². The van der Waals surface area contributed by atoms with E-state index in [4.69, 9.17) is 27.6 Å². The van der Waals surface area contributed by atoms with E-state index >= 15 is 0 Å². The molecule has 1 aromatic rings. The number of rotatable bonds is 1. The molecule has 2 rings (SSSR count). The molecule has 0 saturated heterocycles. The van der Waals surface area contributed by atoms with E-state index in [9.17, 15) is 8.42 Å². The van der Waals surface area contributed by atoms with Gasteiger partial charge in [0.2, 0.25) is 0 Å². The summed E-state index contributed by atoms with van der Waals surface area (Å²) in [5.74, 6) is 0.558. The van der Waals surface area contributed by atoms with Gasteiger partial charge in [-0.15, -0.1) is 0 Å². The molecular formula is C8H6ClNO3S2. The fourth-order valence-electron chi connectivity index (χ4n) is 1.25. The Hall–Kier alpha value is -0.850. The van der Waals surface area contributed by atoms with E-state index in [0.29, 0.717) is 17.9 Å².